The highest BCUT2D eigenvalue weighted by molar-refractivity contribution is 9.10. The predicted octanol–water partition coefficient (Wildman–Crippen LogP) is 3.26. The Labute approximate surface area is 120 Å². The predicted molar refractivity (Wildman–Crippen MR) is 78.4 cm³/mol. The molecule has 0 fully saturated rings. The van der Waals surface area contributed by atoms with Crippen molar-refractivity contribution in [3.05, 3.63) is 64.6 Å². The zero-order valence-corrected chi connectivity index (χ0v) is 11.9. The van der Waals surface area contributed by atoms with E-state index in [9.17, 15) is 4.79 Å². The monoisotopic (exact) mass is 319 g/mol. The summed E-state index contributed by atoms with van der Waals surface area (Å²) in [5.74, 6) is 0.688. The van der Waals surface area contributed by atoms with Crippen LogP contribution in [0.2, 0.25) is 0 Å². The van der Waals surface area contributed by atoms with Gasteiger partial charge in [0.25, 0.3) is 5.91 Å². The minimum Gasteiger partial charge on any atom is -0.491 e. The van der Waals surface area contributed by atoms with Gasteiger partial charge in [-0.05, 0) is 40.2 Å². The van der Waals surface area contributed by atoms with Gasteiger partial charge in [0.15, 0.2) is 0 Å². The molecule has 98 valence electrons. The lowest BCUT2D eigenvalue weighted by molar-refractivity contribution is 0.0947. The van der Waals surface area contributed by atoms with E-state index in [0.717, 1.165) is 10.2 Å². The number of carbonyl (C=O) groups excluding carboxylic acids is 1. The van der Waals surface area contributed by atoms with Crippen LogP contribution < -0.4 is 10.1 Å². The Kier molecular flexibility index (Phi) is 4.98. The Hall–Kier alpha value is -1.81. The van der Waals surface area contributed by atoms with Crippen LogP contribution in [-0.4, -0.2) is 19.1 Å². The number of amides is 1. The molecule has 4 heteroatoms. The number of nitrogens with one attached hydrogen (secondary N) is 1. The Morgan fingerprint density at radius 2 is 1.74 bits per heavy atom. The molecule has 0 aliphatic heterocycles. The Morgan fingerprint density at radius 1 is 1.05 bits per heavy atom. The van der Waals surface area contributed by atoms with Gasteiger partial charge in [-0.1, -0.05) is 30.3 Å². The SMILES string of the molecule is O=C(NCCOc1ccccc1Br)c1ccccc1. The minimum atomic E-state index is -0.0867. The number of carbonyl (C=O) groups is 1. The minimum absolute atomic E-state index is 0.0867. The van der Waals surface area contributed by atoms with Gasteiger partial charge in [0.2, 0.25) is 0 Å². The van der Waals surface area contributed by atoms with Crippen molar-refractivity contribution in [1.82, 2.24) is 5.32 Å². The van der Waals surface area contributed by atoms with Gasteiger partial charge in [-0.3, -0.25) is 4.79 Å². The van der Waals surface area contributed by atoms with Crippen LogP contribution in [0.1, 0.15) is 10.4 Å². The molecule has 0 spiro atoms. The fourth-order valence-electron chi connectivity index (χ4n) is 1.58. The number of para-hydroxylation sites is 1. The van der Waals surface area contributed by atoms with Gasteiger partial charge in [-0.25, -0.2) is 0 Å². The lowest BCUT2D eigenvalue weighted by Crippen LogP contribution is -2.28. The van der Waals surface area contributed by atoms with E-state index in [4.69, 9.17) is 4.74 Å². The summed E-state index contributed by atoms with van der Waals surface area (Å²) in [5, 5.41) is 2.81. The molecule has 1 N–H and O–H groups in total. The van der Waals surface area contributed by atoms with Crippen LogP contribution in [0.3, 0.4) is 0 Å². The summed E-state index contributed by atoms with van der Waals surface area (Å²) >= 11 is 3.40. The summed E-state index contributed by atoms with van der Waals surface area (Å²) in [4.78, 5) is 11.7. The molecular formula is C15H14BrNO2. The standard InChI is InChI=1S/C15H14BrNO2/c16-13-8-4-5-9-14(13)19-11-10-17-15(18)12-6-2-1-3-7-12/h1-9H,10-11H2,(H,17,18). The Morgan fingerprint density at radius 3 is 2.47 bits per heavy atom. The summed E-state index contributed by atoms with van der Waals surface area (Å²) in [6.45, 7) is 0.899. The number of rotatable bonds is 5. The molecule has 0 unspecified atom stereocenters. The number of ether oxygens (including phenoxy) is 1. The van der Waals surface area contributed by atoms with Crippen molar-refractivity contribution in [2.45, 2.75) is 0 Å². The molecule has 2 aromatic rings. The van der Waals surface area contributed by atoms with Crippen LogP contribution in [0.25, 0.3) is 0 Å². The first-order valence-corrected chi connectivity index (χ1v) is 6.77. The first kappa shape index (κ1) is 13.6. The molecule has 2 aromatic carbocycles. The zero-order valence-electron chi connectivity index (χ0n) is 10.3. The highest BCUT2D eigenvalue weighted by Crippen LogP contribution is 2.23. The fraction of sp³-hybridized carbons (Fsp3) is 0.133. The maximum absolute atomic E-state index is 11.7. The lowest BCUT2D eigenvalue weighted by atomic mass is 10.2. The van der Waals surface area contributed by atoms with Crippen molar-refractivity contribution in [3.8, 4) is 5.75 Å². The topological polar surface area (TPSA) is 38.3 Å². The maximum Gasteiger partial charge on any atom is 0.251 e. The summed E-state index contributed by atoms with van der Waals surface area (Å²) in [6, 6.07) is 16.7. The van der Waals surface area contributed by atoms with Gasteiger partial charge in [0, 0.05) is 5.56 Å². The molecule has 0 aromatic heterocycles. The fourth-order valence-corrected chi connectivity index (χ4v) is 1.98. The summed E-state index contributed by atoms with van der Waals surface area (Å²) < 4.78 is 6.47. The zero-order chi connectivity index (χ0) is 13.5. The maximum atomic E-state index is 11.7. The van der Waals surface area contributed by atoms with E-state index in [0.29, 0.717) is 18.7 Å². The summed E-state index contributed by atoms with van der Waals surface area (Å²) in [5.41, 5.74) is 0.656. The molecule has 19 heavy (non-hydrogen) atoms. The van der Waals surface area contributed by atoms with E-state index >= 15 is 0 Å². The van der Waals surface area contributed by atoms with E-state index in [1.165, 1.54) is 0 Å². The van der Waals surface area contributed by atoms with Crippen LogP contribution in [0.5, 0.6) is 5.75 Å². The molecule has 0 aliphatic carbocycles. The largest absolute Gasteiger partial charge is 0.491 e. The molecule has 0 aliphatic rings. The van der Waals surface area contributed by atoms with Gasteiger partial charge in [-0.2, -0.15) is 0 Å². The molecule has 3 nitrogen and oxygen atoms in total. The second-order valence-electron chi connectivity index (χ2n) is 3.90. The van der Waals surface area contributed by atoms with Crippen LogP contribution in [-0.2, 0) is 0 Å². The molecule has 0 saturated heterocycles. The Balaban J connectivity index is 1.76. The highest BCUT2D eigenvalue weighted by atomic mass is 79.9. The van der Waals surface area contributed by atoms with Crippen molar-refractivity contribution in [2.75, 3.05) is 13.2 Å². The van der Waals surface area contributed by atoms with Crippen LogP contribution in [0.15, 0.2) is 59.1 Å². The number of hydrogen-bond acceptors (Lipinski definition) is 2. The number of halogens is 1. The number of hydrogen-bond donors (Lipinski definition) is 1. The van der Waals surface area contributed by atoms with Crippen LogP contribution in [0.4, 0.5) is 0 Å². The molecule has 0 saturated carbocycles. The third-order valence-corrected chi connectivity index (χ3v) is 3.17. The smallest absolute Gasteiger partial charge is 0.251 e. The normalized spacial score (nSPS) is 9.95. The van der Waals surface area contributed by atoms with Gasteiger partial charge >= 0.3 is 0 Å². The van der Waals surface area contributed by atoms with Gasteiger partial charge in [0.1, 0.15) is 12.4 Å². The molecule has 0 heterocycles. The average molecular weight is 320 g/mol. The van der Waals surface area contributed by atoms with Crippen molar-refractivity contribution in [2.24, 2.45) is 0 Å². The van der Waals surface area contributed by atoms with Crippen molar-refractivity contribution >= 4 is 21.8 Å². The summed E-state index contributed by atoms with van der Waals surface area (Å²) in [6.07, 6.45) is 0. The third kappa shape index (κ3) is 4.10. The lowest BCUT2D eigenvalue weighted by Gasteiger charge is -2.09. The van der Waals surface area contributed by atoms with Gasteiger partial charge in [0.05, 0.1) is 11.0 Å². The van der Waals surface area contributed by atoms with Crippen molar-refractivity contribution in [3.63, 3.8) is 0 Å². The van der Waals surface area contributed by atoms with Crippen LogP contribution >= 0.6 is 15.9 Å². The van der Waals surface area contributed by atoms with E-state index in [1.54, 1.807) is 12.1 Å². The molecular weight excluding hydrogens is 306 g/mol. The van der Waals surface area contributed by atoms with E-state index < -0.39 is 0 Å². The first-order valence-electron chi connectivity index (χ1n) is 5.98. The van der Waals surface area contributed by atoms with Crippen LogP contribution in [0, 0.1) is 0 Å². The van der Waals surface area contributed by atoms with E-state index in [-0.39, 0.29) is 5.91 Å². The summed E-state index contributed by atoms with van der Waals surface area (Å²) in [7, 11) is 0. The quantitative estimate of drug-likeness (QED) is 0.859. The average Bonchev–Trinajstić information content (AvgIpc) is 2.46. The van der Waals surface area contributed by atoms with Crippen molar-refractivity contribution in [1.29, 1.82) is 0 Å². The van der Waals surface area contributed by atoms with Gasteiger partial charge < -0.3 is 10.1 Å². The van der Waals surface area contributed by atoms with E-state index in [2.05, 4.69) is 21.2 Å². The molecule has 1 amide bonds. The van der Waals surface area contributed by atoms with Crippen molar-refractivity contribution < 1.29 is 9.53 Å². The van der Waals surface area contributed by atoms with E-state index in [1.807, 2.05) is 42.5 Å². The third-order valence-electron chi connectivity index (χ3n) is 2.52. The molecule has 2 rings (SSSR count). The van der Waals surface area contributed by atoms with Gasteiger partial charge in [-0.15, -0.1) is 0 Å². The highest BCUT2D eigenvalue weighted by Gasteiger charge is 2.03. The molecule has 0 bridgehead atoms. The Bertz CT molecular complexity index is 543. The molecule has 0 radical (unpaired) electrons. The first-order chi connectivity index (χ1) is 9.27. The second kappa shape index (κ2) is 6.95. The molecule has 0 atom stereocenters. The second-order valence-corrected chi connectivity index (χ2v) is 4.76. The number of benzene rings is 2.